The maximum absolute atomic E-state index is 2.51. The molecule has 0 aliphatic heterocycles. The number of rotatable bonds is 14. The molecule has 4 heteroatoms. The molecule has 0 saturated carbocycles. The van der Waals surface area contributed by atoms with Gasteiger partial charge in [0.15, 0.2) is 0 Å². The summed E-state index contributed by atoms with van der Waals surface area (Å²) in [6, 6.07) is 90.5. The van der Waals surface area contributed by atoms with E-state index in [0.29, 0.717) is 0 Å². The van der Waals surface area contributed by atoms with E-state index in [1.165, 1.54) is 77.0 Å². The van der Waals surface area contributed by atoms with Crippen molar-refractivity contribution in [1.82, 2.24) is 9.13 Å². The summed E-state index contributed by atoms with van der Waals surface area (Å²) < 4.78 is 5.02. The molecule has 2 heterocycles. The zero-order chi connectivity index (χ0) is 48.9. The molecule has 13 rings (SSSR count). The van der Waals surface area contributed by atoms with Gasteiger partial charge in [0, 0.05) is 90.8 Å². The van der Waals surface area contributed by atoms with Crippen molar-refractivity contribution in [3.63, 3.8) is 0 Å². The normalized spacial score (nSPS) is 12.7. The molecule has 0 fully saturated rings. The highest BCUT2D eigenvalue weighted by Crippen LogP contribution is 2.57. The number of para-hydroxylation sites is 4. The van der Waals surface area contributed by atoms with Gasteiger partial charge in [-0.15, -0.1) is 0 Å². The predicted molar refractivity (Wildman–Crippen MR) is 309 cm³/mol. The minimum atomic E-state index is -0.572. The summed E-state index contributed by atoms with van der Waals surface area (Å²) in [5, 5.41) is 5.16. The number of anilines is 6. The summed E-state index contributed by atoms with van der Waals surface area (Å²) in [6.07, 6.45) is 4.61. The van der Waals surface area contributed by atoms with Crippen molar-refractivity contribution in [2.45, 2.75) is 58.0 Å². The molecule has 0 radical (unpaired) electrons. The Morgan fingerprint density at radius 3 is 1.08 bits per heavy atom. The summed E-state index contributed by atoms with van der Waals surface area (Å²) in [5.74, 6) is 0. The lowest BCUT2D eigenvalue weighted by atomic mass is 9.67. The van der Waals surface area contributed by atoms with Crippen LogP contribution in [0.15, 0.2) is 243 Å². The second-order valence-corrected chi connectivity index (χ2v) is 19.7. The largest absolute Gasteiger partial charge is 0.340 e. The summed E-state index contributed by atoms with van der Waals surface area (Å²) >= 11 is 0. The molecule has 0 spiro atoms. The Kier molecular flexibility index (Phi) is 11.3. The molecule has 1 aliphatic rings. The maximum Gasteiger partial charge on any atom is 0.0713 e. The number of aryl methyl sites for hydroxylation is 2. The molecule has 0 amide bonds. The van der Waals surface area contributed by atoms with Gasteiger partial charge in [0.05, 0.1) is 5.41 Å². The second kappa shape index (κ2) is 18.5. The average molecular weight is 943 g/mol. The molecule has 0 saturated heterocycles. The zero-order valence-corrected chi connectivity index (χ0v) is 41.6. The van der Waals surface area contributed by atoms with Crippen LogP contribution in [-0.4, -0.2) is 9.13 Å². The lowest BCUT2D eigenvalue weighted by Gasteiger charge is -2.35. The molecule has 10 aromatic carbocycles. The number of unbranched alkanes of at least 4 members (excludes halogenated alkanes) is 2. The van der Waals surface area contributed by atoms with Crippen molar-refractivity contribution in [3.05, 3.63) is 265 Å². The quantitative estimate of drug-likeness (QED) is 0.108. The first kappa shape index (κ1) is 44.3. The van der Waals surface area contributed by atoms with Gasteiger partial charge in [0.1, 0.15) is 0 Å². The van der Waals surface area contributed by atoms with Gasteiger partial charge in [-0.1, -0.05) is 172 Å². The van der Waals surface area contributed by atoms with Crippen molar-refractivity contribution in [3.8, 4) is 11.1 Å². The van der Waals surface area contributed by atoms with Gasteiger partial charge >= 0.3 is 0 Å². The van der Waals surface area contributed by atoms with Crippen molar-refractivity contribution in [1.29, 1.82) is 0 Å². The molecular weight excluding hydrogens is 885 g/mol. The summed E-state index contributed by atoms with van der Waals surface area (Å²) in [5.41, 5.74) is 18.9. The smallest absolute Gasteiger partial charge is 0.0713 e. The van der Waals surface area contributed by atoms with Gasteiger partial charge in [0.25, 0.3) is 0 Å². The van der Waals surface area contributed by atoms with Crippen LogP contribution in [0.1, 0.15) is 61.8 Å². The number of nitrogens with zero attached hydrogens (tertiary/aromatic N) is 4. The van der Waals surface area contributed by atoms with Gasteiger partial charge in [-0.3, -0.25) is 0 Å². The van der Waals surface area contributed by atoms with Crippen molar-refractivity contribution >= 4 is 77.7 Å². The Bertz CT molecular complexity index is 3680. The fourth-order valence-electron chi connectivity index (χ4n) is 12.3. The van der Waals surface area contributed by atoms with E-state index in [1.807, 2.05) is 0 Å². The van der Waals surface area contributed by atoms with E-state index < -0.39 is 5.41 Å². The molecule has 2 aromatic heterocycles. The van der Waals surface area contributed by atoms with Crippen molar-refractivity contribution < 1.29 is 0 Å². The zero-order valence-electron chi connectivity index (χ0n) is 41.6. The first-order chi connectivity index (χ1) is 36.1. The third kappa shape index (κ3) is 7.26. The molecule has 4 nitrogen and oxygen atoms in total. The van der Waals surface area contributed by atoms with E-state index in [-0.39, 0.29) is 0 Å². The number of benzene rings is 10. The highest BCUT2D eigenvalue weighted by Gasteiger charge is 2.46. The van der Waals surface area contributed by atoms with E-state index in [9.17, 15) is 0 Å². The van der Waals surface area contributed by atoms with E-state index in [2.05, 4.69) is 275 Å². The van der Waals surface area contributed by atoms with E-state index >= 15 is 0 Å². The number of fused-ring (bicyclic) bond motifs is 9. The minimum Gasteiger partial charge on any atom is -0.340 e. The Morgan fingerprint density at radius 2 is 0.658 bits per heavy atom. The van der Waals surface area contributed by atoms with Crippen LogP contribution < -0.4 is 9.80 Å². The first-order valence-electron chi connectivity index (χ1n) is 26.3. The van der Waals surface area contributed by atoms with E-state index in [1.54, 1.807) is 0 Å². The SMILES string of the molecule is CCCCn1c2ccccc2c2cc(N(c3ccccc3)c3ccc(C4(c5ccc(N(c6ccccc6)c6ccc7c(c6)c6ccccc6n7CCCC)cc5)c5ccccc5-c5ccccc54)cc3)ccc21. The maximum atomic E-state index is 2.51. The number of hydrogen-bond donors (Lipinski definition) is 0. The Morgan fingerprint density at radius 1 is 0.315 bits per heavy atom. The van der Waals surface area contributed by atoms with Gasteiger partial charge < -0.3 is 18.9 Å². The molecular formula is C69H58N4. The van der Waals surface area contributed by atoms with Crippen LogP contribution in [0.2, 0.25) is 0 Å². The lowest BCUT2D eigenvalue weighted by molar-refractivity contribution is 0.665. The highest BCUT2D eigenvalue weighted by molar-refractivity contribution is 6.11. The predicted octanol–water partition coefficient (Wildman–Crippen LogP) is 18.8. The number of aromatic nitrogens is 2. The molecule has 0 unspecified atom stereocenters. The second-order valence-electron chi connectivity index (χ2n) is 19.7. The Labute approximate surface area is 428 Å². The lowest BCUT2D eigenvalue weighted by Crippen LogP contribution is -2.28. The molecule has 12 aromatic rings. The molecule has 0 bridgehead atoms. The highest BCUT2D eigenvalue weighted by atomic mass is 15.1. The molecule has 1 aliphatic carbocycles. The number of hydrogen-bond acceptors (Lipinski definition) is 2. The van der Waals surface area contributed by atoms with Gasteiger partial charge in [-0.2, -0.15) is 0 Å². The third-order valence-electron chi connectivity index (χ3n) is 15.6. The molecule has 0 atom stereocenters. The third-order valence-corrected chi connectivity index (χ3v) is 15.6. The summed E-state index contributed by atoms with van der Waals surface area (Å²) in [7, 11) is 0. The van der Waals surface area contributed by atoms with Crippen LogP contribution >= 0.6 is 0 Å². The molecule has 73 heavy (non-hydrogen) atoms. The molecule has 0 N–H and O–H groups in total. The average Bonchev–Trinajstić information content (AvgIpc) is 4.06. The monoisotopic (exact) mass is 942 g/mol. The van der Waals surface area contributed by atoms with E-state index in [0.717, 1.165) is 72.9 Å². The first-order valence-corrected chi connectivity index (χ1v) is 26.3. The van der Waals surface area contributed by atoms with Crippen LogP contribution in [0.25, 0.3) is 54.7 Å². The van der Waals surface area contributed by atoms with E-state index in [4.69, 9.17) is 0 Å². The van der Waals surface area contributed by atoms with Crippen LogP contribution in [0.5, 0.6) is 0 Å². The molecule has 354 valence electrons. The Hall–Kier alpha value is -8.60. The van der Waals surface area contributed by atoms with Crippen molar-refractivity contribution in [2.24, 2.45) is 0 Å². The Balaban J connectivity index is 0.948. The standard InChI is InChI=1S/C69H58N4/c1-3-5-45-70-65-31-19-15-27-59(65)61-47-55(41-43-67(61)70)72(51-21-9-7-10-22-51)53-37-33-49(34-38-53)69(63-29-17-13-25-57(63)58-26-14-18-30-64(58)69)50-35-39-54(40-36-50)73(52-23-11-8-12-24-52)56-42-44-68-62(48-56)60-28-16-20-32-66(60)71(68)46-6-4-2/h7-44,47-48H,3-6,45-46H2,1-2H3. The van der Waals surface area contributed by atoms with Crippen molar-refractivity contribution in [2.75, 3.05) is 9.80 Å². The fraction of sp³-hybridized carbons (Fsp3) is 0.130. The minimum absolute atomic E-state index is 0.572. The van der Waals surface area contributed by atoms with Crippen LogP contribution in [0.3, 0.4) is 0 Å². The van der Waals surface area contributed by atoms with Gasteiger partial charge in [-0.05, 0) is 143 Å². The van der Waals surface area contributed by atoms with Crippen LogP contribution in [-0.2, 0) is 18.5 Å². The topological polar surface area (TPSA) is 16.3 Å². The fourth-order valence-corrected chi connectivity index (χ4v) is 12.3. The van der Waals surface area contributed by atoms with Crippen LogP contribution in [0.4, 0.5) is 34.1 Å². The van der Waals surface area contributed by atoms with Gasteiger partial charge in [-0.25, -0.2) is 0 Å². The summed E-state index contributed by atoms with van der Waals surface area (Å²) in [6.45, 7) is 6.56. The van der Waals surface area contributed by atoms with Gasteiger partial charge in [0.2, 0.25) is 0 Å². The van der Waals surface area contributed by atoms with Crippen LogP contribution in [0, 0.1) is 0 Å². The summed E-state index contributed by atoms with van der Waals surface area (Å²) in [4.78, 5) is 4.83.